The molecular weight excluding hydrogens is 247 g/mol. The highest BCUT2D eigenvalue weighted by atomic mass is 35.5. The van der Waals surface area contributed by atoms with Gasteiger partial charge in [-0.05, 0) is 18.6 Å². The first-order valence-corrected chi connectivity index (χ1v) is 5.82. The Balaban J connectivity index is 2.41. The first kappa shape index (κ1) is 11.6. The molecule has 1 atom stereocenters. The van der Waals surface area contributed by atoms with Crippen LogP contribution in [0.2, 0.25) is 10.0 Å². The zero-order valence-electron chi connectivity index (χ0n) is 8.84. The van der Waals surface area contributed by atoms with Crippen molar-refractivity contribution in [1.82, 2.24) is 0 Å². The molecule has 3 nitrogen and oxygen atoms in total. The van der Waals surface area contributed by atoms with Crippen LogP contribution in [0.4, 0.5) is 11.4 Å². The van der Waals surface area contributed by atoms with Crippen molar-refractivity contribution in [2.75, 3.05) is 17.2 Å². The van der Waals surface area contributed by atoms with E-state index in [1.165, 1.54) is 0 Å². The average Bonchev–Trinajstić information content (AvgIpc) is 2.54. The van der Waals surface area contributed by atoms with Gasteiger partial charge in [0.1, 0.15) is 0 Å². The fourth-order valence-electron chi connectivity index (χ4n) is 1.82. The monoisotopic (exact) mass is 258 g/mol. The van der Waals surface area contributed by atoms with E-state index in [1.807, 2.05) is 6.92 Å². The second-order valence-corrected chi connectivity index (χ2v) is 4.82. The number of anilines is 2. The van der Waals surface area contributed by atoms with Crippen LogP contribution in [0, 0.1) is 5.92 Å². The Morgan fingerprint density at radius 3 is 2.62 bits per heavy atom. The van der Waals surface area contributed by atoms with Crippen LogP contribution < -0.4 is 10.6 Å². The smallest absolute Gasteiger partial charge is 0.229 e. The van der Waals surface area contributed by atoms with Gasteiger partial charge in [-0.2, -0.15) is 0 Å². The van der Waals surface area contributed by atoms with Gasteiger partial charge in [0.15, 0.2) is 0 Å². The zero-order valence-corrected chi connectivity index (χ0v) is 10.3. The lowest BCUT2D eigenvalue weighted by Gasteiger charge is -2.18. The van der Waals surface area contributed by atoms with Gasteiger partial charge in [-0.1, -0.05) is 30.1 Å². The number of carbonyl (C=O) groups is 1. The van der Waals surface area contributed by atoms with Crippen LogP contribution in [0.25, 0.3) is 0 Å². The molecule has 0 saturated carbocycles. The molecule has 5 heteroatoms. The van der Waals surface area contributed by atoms with Crippen molar-refractivity contribution in [3.05, 3.63) is 22.2 Å². The minimum absolute atomic E-state index is 0.0490. The predicted molar refractivity (Wildman–Crippen MR) is 67.0 cm³/mol. The highest BCUT2D eigenvalue weighted by molar-refractivity contribution is 6.38. The number of nitrogen functional groups attached to an aromatic ring is 1. The van der Waals surface area contributed by atoms with Gasteiger partial charge in [-0.3, -0.25) is 4.79 Å². The standard InChI is InChI=1S/C11H12Cl2N2O/c1-6-2-3-15(11(6)16)10-5-9(14)7(12)4-8(10)13/h4-6H,2-3,14H2,1H3. The van der Waals surface area contributed by atoms with Crippen LogP contribution in [0.1, 0.15) is 13.3 Å². The predicted octanol–water partition coefficient (Wildman–Crippen LogP) is 2.95. The van der Waals surface area contributed by atoms with Gasteiger partial charge >= 0.3 is 0 Å². The van der Waals surface area contributed by atoms with E-state index in [1.54, 1.807) is 17.0 Å². The van der Waals surface area contributed by atoms with Crippen molar-refractivity contribution in [3.63, 3.8) is 0 Å². The summed E-state index contributed by atoms with van der Waals surface area (Å²) in [7, 11) is 0. The summed E-state index contributed by atoms with van der Waals surface area (Å²) in [5.41, 5.74) is 6.80. The Bertz CT molecular complexity index is 448. The van der Waals surface area contributed by atoms with E-state index < -0.39 is 0 Å². The maximum absolute atomic E-state index is 11.8. The molecular formula is C11H12Cl2N2O. The van der Waals surface area contributed by atoms with Crippen LogP contribution >= 0.6 is 23.2 Å². The van der Waals surface area contributed by atoms with E-state index in [2.05, 4.69) is 0 Å². The summed E-state index contributed by atoms with van der Waals surface area (Å²) in [5.74, 6) is 0.136. The van der Waals surface area contributed by atoms with Gasteiger partial charge in [0, 0.05) is 12.5 Å². The number of rotatable bonds is 1. The van der Waals surface area contributed by atoms with Gasteiger partial charge in [-0.25, -0.2) is 0 Å². The fourth-order valence-corrected chi connectivity index (χ4v) is 2.31. The summed E-state index contributed by atoms with van der Waals surface area (Å²) in [6.07, 6.45) is 0.845. The van der Waals surface area contributed by atoms with Crippen molar-refractivity contribution < 1.29 is 4.79 Å². The van der Waals surface area contributed by atoms with Crippen molar-refractivity contribution >= 4 is 40.5 Å². The maximum atomic E-state index is 11.8. The molecule has 0 radical (unpaired) electrons. The van der Waals surface area contributed by atoms with Crippen molar-refractivity contribution in [2.45, 2.75) is 13.3 Å². The van der Waals surface area contributed by atoms with Crippen molar-refractivity contribution in [2.24, 2.45) is 5.92 Å². The molecule has 1 unspecified atom stereocenters. The fraction of sp³-hybridized carbons (Fsp3) is 0.364. The second kappa shape index (κ2) is 4.15. The van der Waals surface area contributed by atoms with Crippen LogP contribution in [-0.4, -0.2) is 12.5 Å². The molecule has 16 heavy (non-hydrogen) atoms. The Morgan fingerprint density at radius 2 is 2.06 bits per heavy atom. The molecule has 0 aromatic heterocycles. The number of carbonyl (C=O) groups excluding carboxylic acids is 1. The minimum atomic E-state index is 0.0490. The third kappa shape index (κ3) is 1.85. The quantitative estimate of drug-likeness (QED) is 0.788. The van der Waals surface area contributed by atoms with Crippen LogP contribution in [0.3, 0.4) is 0 Å². The number of hydrogen-bond acceptors (Lipinski definition) is 2. The highest BCUT2D eigenvalue weighted by Crippen LogP contribution is 2.36. The van der Waals surface area contributed by atoms with Gasteiger partial charge in [0.05, 0.1) is 21.4 Å². The van der Waals surface area contributed by atoms with E-state index in [0.29, 0.717) is 28.0 Å². The molecule has 0 spiro atoms. The largest absolute Gasteiger partial charge is 0.397 e. The molecule has 1 amide bonds. The molecule has 1 saturated heterocycles. The van der Waals surface area contributed by atoms with Crippen LogP contribution in [-0.2, 0) is 4.79 Å². The topological polar surface area (TPSA) is 46.3 Å². The SMILES string of the molecule is CC1CCN(c2cc(N)c(Cl)cc2Cl)C1=O. The number of amides is 1. The second-order valence-electron chi connectivity index (χ2n) is 4.00. The lowest BCUT2D eigenvalue weighted by molar-refractivity contribution is -0.119. The number of hydrogen-bond donors (Lipinski definition) is 1. The highest BCUT2D eigenvalue weighted by Gasteiger charge is 2.30. The molecule has 1 heterocycles. The number of halogens is 2. The molecule has 1 aliphatic rings. The normalized spacial score (nSPS) is 20.6. The van der Waals surface area contributed by atoms with Crippen LogP contribution in [0.15, 0.2) is 12.1 Å². The summed E-state index contributed by atoms with van der Waals surface area (Å²) in [6.45, 7) is 2.59. The maximum Gasteiger partial charge on any atom is 0.229 e. The Morgan fingerprint density at radius 1 is 1.38 bits per heavy atom. The van der Waals surface area contributed by atoms with E-state index in [-0.39, 0.29) is 11.8 Å². The van der Waals surface area contributed by atoms with Crippen molar-refractivity contribution in [3.8, 4) is 0 Å². The molecule has 1 fully saturated rings. The van der Waals surface area contributed by atoms with Gasteiger partial charge in [0.2, 0.25) is 5.91 Å². The summed E-state index contributed by atoms with van der Waals surface area (Å²) in [4.78, 5) is 13.5. The summed E-state index contributed by atoms with van der Waals surface area (Å²) in [5, 5.41) is 0.870. The van der Waals surface area contributed by atoms with Gasteiger partial charge in [-0.15, -0.1) is 0 Å². The lowest BCUT2D eigenvalue weighted by atomic mass is 10.1. The molecule has 2 rings (SSSR count). The summed E-state index contributed by atoms with van der Waals surface area (Å²) in [6, 6.07) is 3.23. The lowest BCUT2D eigenvalue weighted by Crippen LogP contribution is -2.26. The van der Waals surface area contributed by atoms with E-state index in [0.717, 1.165) is 6.42 Å². The number of nitrogens with zero attached hydrogens (tertiary/aromatic N) is 1. The Kier molecular flexibility index (Phi) is 3.00. The molecule has 0 bridgehead atoms. The van der Waals surface area contributed by atoms with Gasteiger partial charge in [0.25, 0.3) is 0 Å². The molecule has 1 aromatic carbocycles. The van der Waals surface area contributed by atoms with E-state index >= 15 is 0 Å². The van der Waals surface area contributed by atoms with E-state index in [4.69, 9.17) is 28.9 Å². The number of nitrogens with two attached hydrogens (primary N) is 1. The molecule has 86 valence electrons. The zero-order chi connectivity index (χ0) is 11.9. The third-order valence-electron chi connectivity index (χ3n) is 2.83. The molecule has 1 aromatic rings. The van der Waals surface area contributed by atoms with Crippen molar-refractivity contribution in [1.29, 1.82) is 0 Å². The third-order valence-corrected chi connectivity index (χ3v) is 3.46. The van der Waals surface area contributed by atoms with E-state index in [9.17, 15) is 4.79 Å². The average molecular weight is 259 g/mol. The summed E-state index contributed by atoms with van der Waals surface area (Å²) < 4.78 is 0. The minimum Gasteiger partial charge on any atom is -0.397 e. The Labute approximate surface area is 104 Å². The first-order valence-electron chi connectivity index (χ1n) is 5.06. The van der Waals surface area contributed by atoms with Gasteiger partial charge < -0.3 is 10.6 Å². The first-order chi connectivity index (χ1) is 7.50. The molecule has 2 N–H and O–H groups in total. The Hall–Kier alpha value is -0.930. The molecule has 1 aliphatic heterocycles. The summed E-state index contributed by atoms with van der Waals surface area (Å²) >= 11 is 11.9. The number of benzene rings is 1. The molecule has 0 aliphatic carbocycles. The van der Waals surface area contributed by atoms with Crippen LogP contribution in [0.5, 0.6) is 0 Å².